The van der Waals surface area contributed by atoms with Gasteiger partial charge >= 0.3 is 83.3 Å². The zero-order chi connectivity index (χ0) is 12.6. The fourth-order valence-electron chi connectivity index (χ4n) is 0. The maximum Gasteiger partial charge on any atom is 2.00 e. The zero-order valence-electron chi connectivity index (χ0n) is 7.38. The molecule has 0 aliphatic heterocycles. The average molecular weight is 334 g/mol. The molecule has 0 radical (unpaired) electrons. The maximum absolute atomic E-state index is 8.88. The molecule has 0 bridgehead atoms. The van der Waals surface area contributed by atoms with E-state index in [1.54, 1.807) is 0 Å². The SMILES string of the molecule is O=C([O-])[O-].O=P(O)(O)O.O=S(=O)([O-])[O-].[Ca+2].[Ca+2]. The van der Waals surface area contributed by atoms with Crippen LogP contribution in [-0.4, -0.2) is 114 Å². The number of hydrogen-bond acceptors (Lipinski definition) is 8. The van der Waals surface area contributed by atoms with Crippen LogP contribution in [0.15, 0.2) is 0 Å². The Hall–Kier alpha value is 1.77. The van der Waals surface area contributed by atoms with Gasteiger partial charge in [0.15, 0.2) is 0 Å². The molecule has 11 nitrogen and oxygen atoms in total. The fourth-order valence-corrected chi connectivity index (χ4v) is 0. The molecule has 0 unspecified atom stereocenters. The summed E-state index contributed by atoms with van der Waals surface area (Å²) in [5, 5.41) is 16.7. The van der Waals surface area contributed by atoms with E-state index >= 15 is 0 Å². The first-order valence-electron chi connectivity index (χ1n) is 2.06. The Morgan fingerprint density at radius 2 is 1.00 bits per heavy atom. The van der Waals surface area contributed by atoms with Gasteiger partial charge in [0, 0.05) is 10.4 Å². The van der Waals surface area contributed by atoms with E-state index in [-0.39, 0.29) is 75.5 Å². The summed E-state index contributed by atoms with van der Waals surface area (Å²) in [4.78, 5) is 29.9. The third-order valence-corrected chi connectivity index (χ3v) is 0. The molecular weight excluding hydrogens is 331 g/mol. The Morgan fingerprint density at radius 1 is 1.00 bits per heavy atom. The topological polar surface area (TPSA) is 221 Å². The van der Waals surface area contributed by atoms with E-state index in [2.05, 4.69) is 0 Å². The van der Waals surface area contributed by atoms with Crippen LogP contribution < -0.4 is 10.2 Å². The Kier molecular flexibility index (Phi) is 28.4. The summed E-state index contributed by atoms with van der Waals surface area (Å²) in [6, 6.07) is 0. The van der Waals surface area contributed by atoms with Crippen LogP contribution in [0.25, 0.3) is 0 Å². The molecule has 0 heterocycles. The first kappa shape index (κ1) is 30.6. The molecule has 16 heavy (non-hydrogen) atoms. The van der Waals surface area contributed by atoms with E-state index < -0.39 is 24.4 Å². The Labute approximate surface area is 149 Å². The minimum absolute atomic E-state index is 0. The van der Waals surface area contributed by atoms with E-state index in [0.717, 1.165) is 0 Å². The van der Waals surface area contributed by atoms with E-state index in [0.29, 0.717) is 0 Å². The minimum atomic E-state index is -5.17. The molecule has 0 amide bonds. The second-order valence-electron chi connectivity index (χ2n) is 1.17. The van der Waals surface area contributed by atoms with Gasteiger partial charge < -0.3 is 38.8 Å². The molecule has 3 N–H and O–H groups in total. The van der Waals surface area contributed by atoms with Crippen molar-refractivity contribution in [2.45, 2.75) is 0 Å². The number of carbonyl (C=O) groups excluding carboxylic acids is 1. The fraction of sp³-hybridized carbons (Fsp3) is 0. The van der Waals surface area contributed by atoms with Gasteiger partial charge in [-0.25, -0.2) is 4.57 Å². The predicted molar refractivity (Wildman–Crippen MR) is 41.6 cm³/mol. The molecule has 15 heteroatoms. The summed E-state index contributed by atoms with van der Waals surface area (Å²) in [6.45, 7) is 0. The molecular formula is CH3Ca2O11PS. The van der Waals surface area contributed by atoms with Crippen molar-refractivity contribution in [3.63, 3.8) is 0 Å². The zero-order valence-corrected chi connectivity index (χ0v) is 13.5. The maximum atomic E-state index is 8.88. The monoisotopic (exact) mass is 334 g/mol. The molecule has 0 atom stereocenters. The van der Waals surface area contributed by atoms with E-state index in [4.69, 9.17) is 51.8 Å². The third-order valence-electron chi connectivity index (χ3n) is 0. The van der Waals surface area contributed by atoms with Crippen molar-refractivity contribution >= 4 is 99.9 Å². The molecule has 0 rings (SSSR count). The largest absolute Gasteiger partial charge is 2.00 e. The van der Waals surface area contributed by atoms with Gasteiger partial charge in [-0.15, -0.1) is 0 Å². The Balaban J connectivity index is -0.0000000358. The summed E-state index contributed by atoms with van der Waals surface area (Å²) in [5.41, 5.74) is 0. The summed E-state index contributed by atoms with van der Waals surface area (Å²) < 4.78 is 43.0. The molecule has 0 aromatic carbocycles. The number of carbonyl (C=O) groups is 1. The molecule has 0 aromatic heterocycles. The van der Waals surface area contributed by atoms with Gasteiger partial charge in [-0.05, 0) is 6.16 Å². The van der Waals surface area contributed by atoms with Crippen LogP contribution in [0.3, 0.4) is 0 Å². The number of carboxylic acid groups (broad SMARTS) is 2. The first-order valence-corrected chi connectivity index (χ1v) is 4.96. The molecule has 0 fully saturated rings. The molecule has 0 spiro atoms. The van der Waals surface area contributed by atoms with Crippen molar-refractivity contribution in [1.82, 2.24) is 0 Å². The van der Waals surface area contributed by atoms with Crippen molar-refractivity contribution in [2.75, 3.05) is 0 Å². The summed E-state index contributed by atoms with van der Waals surface area (Å²) >= 11 is 0. The van der Waals surface area contributed by atoms with E-state index in [9.17, 15) is 0 Å². The second kappa shape index (κ2) is 14.8. The van der Waals surface area contributed by atoms with Crippen molar-refractivity contribution < 1.29 is 51.8 Å². The summed E-state index contributed by atoms with van der Waals surface area (Å²) in [6.07, 6.45) is -2.33. The van der Waals surface area contributed by atoms with Crippen LogP contribution >= 0.6 is 7.82 Å². The van der Waals surface area contributed by atoms with Crippen molar-refractivity contribution in [3.05, 3.63) is 0 Å². The van der Waals surface area contributed by atoms with Crippen LogP contribution in [0.4, 0.5) is 4.79 Å². The quantitative estimate of drug-likeness (QED) is 0.164. The van der Waals surface area contributed by atoms with Gasteiger partial charge in [-0.3, -0.25) is 8.42 Å². The second-order valence-corrected chi connectivity index (χ2v) is 3.01. The van der Waals surface area contributed by atoms with Crippen molar-refractivity contribution in [1.29, 1.82) is 0 Å². The molecule has 0 saturated carbocycles. The van der Waals surface area contributed by atoms with Crippen LogP contribution in [0, 0.1) is 0 Å². The molecule has 88 valence electrons. The molecule has 0 aromatic rings. The van der Waals surface area contributed by atoms with Crippen molar-refractivity contribution in [3.8, 4) is 0 Å². The normalized spacial score (nSPS) is 8.81. The Morgan fingerprint density at radius 3 is 1.00 bits per heavy atom. The van der Waals surface area contributed by atoms with Crippen LogP contribution in [0.1, 0.15) is 0 Å². The standard InChI is InChI=1S/CH2O3.2Ca.H3O4P.H2O4S/c2-1(3)4;;;2*1-5(2,3)4/h(H2,2,3,4);;;(H3,1,2,3,4);(H2,1,2,3,4)/q;2*+2;;/p-4. The summed E-state index contributed by atoms with van der Waals surface area (Å²) in [7, 11) is -9.81. The number of phosphoric acid groups is 1. The average Bonchev–Trinajstić information content (AvgIpc) is 1.45. The van der Waals surface area contributed by atoms with E-state index in [1.807, 2.05) is 0 Å². The number of rotatable bonds is 0. The van der Waals surface area contributed by atoms with Crippen molar-refractivity contribution in [2.24, 2.45) is 0 Å². The summed E-state index contributed by atoms with van der Waals surface area (Å²) in [5.74, 6) is 0. The minimum Gasteiger partial charge on any atom is -0.759 e. The smallest absolute Gasteiger partial charge is 0.759 e. The van der Waals surface area contributed by atoms with Gasteiger partial charge in [0.1, 0.15) is 0 Å². The molecule has 0 aliphatic rings. The van der Waals surface area contributed by atoms with Gasteiger partial charge in [0.2, 0.25) is 0 Å². The predicted octanol–water partition coefficient (Wildman–Crippen LogP) is -5.48. The van der Waals surface area contributed by atoms with Crippen LogP contribution in [0.5, 0.6) is 0 Å². The molecule has 0 aliphatic carbocycles. The van der Waals surface area contributed by atoms with Gasteiger partial charge in [-0.2, -0.15) is 0 Å². The van der Waals surface area contributed by atoms with Crippen LogP contribution in [-0.2, 0) is 15.0 Å². The van der Waals surface area contributed by atoms with Gasteiger partial charge in [0.25, 0.3) is 0 Å². The van der Waals surface area contributed by atoms with Crippen LogP contribution in [0.2, 0.25) is 0 Å². The number of hydrogen-bond donors (Lipinski definition) is 3. The molecule has 0 saturated heterocycles. The van der Waals surface area contributed by atoms with Gasteiger partial charge in [-0.1, -0.05) is 0 Å². The van der Waals surface area contributed by atoms with E-state index in [1.165, 1.54) is 0 Å². The third kappa shape index (κ3) is 1100. The Bertz CT molecular complexity index is 269. The van der Waals surface area contributed by atoms with Gasteiger partial charge in [0.05, 0.1) is 0 Å². The first-order chi connectivity index (χ1) is 5.73.